The number of nitrogens with one attached hydrogen (secondary N) is 1. The van der Waals surface area contributed by atoms with Crippen LogP contribution in [-0.4, -0.2) is 41.9 Å². The van der Waals surface area contributed by atoms with Crippen molar-refractivity contribution in [3.8, 4) is 0 Å². The molecule has 2 heterocycles. The average molecular weight is 454 g/mol. The minimum atomic E-state index is 0.0456. The Balaban J connectivity index is 1.27. The zero-order valence-electron chi connectivity index (χ0n) is 19.2. The second kappa shape index (κ2) is 11.3. The fourth-order valence-electron chi connectivity index (χ4n) is 5.14. The van der Waals surface area contributed by atoms with Gasteiger partial charge in [-0.15, -0.1) is 0 Å². The zero-order chi connectivity index (χ0) is 22.3. The van der Waals surface area contributed by atoms with Gasteiger partial charge in [0, 0.05) is 37.7 Å². The second-order valence-corrected chi connectivity index (χ2v) is 10.1. The maximum Gasteiger partial charge on any atom is 0.224 e. The molecule has 32 heavy (non-hydrogen) atoms. The minimum Gasteiger partial charge on any atom is -0.352 e. The molecular weight excluding hydrogens is 418 g/mol. The fourth-order valence-corrected chi connectivity index (χ4v) is 5.34. The number of amides is 1. The lowest BCUT2D eigenvalue weighted by molar-refractivity contribution is -0.126. The first-order chi connectivity index (χ1) is 15.6. The van der Waals surface area contributed by atoms with E-state index in [0.717, 1.165) is 55.5 Å². The molecule has 0 spiro atoms. The maximum atomic E-state index is 12.9. The van der Waals surface area contributed by atoms with E-state index in [4.69, 9.17) is 11.6 Å². The van der Waals surface area contributed by atoms with Crippen molar-refractivity contribution in [1.29, 1.82) is 0 Å². The molecule has 0 bridgehead atoms. The number of rotatable bonds is 7. The molecule has 4 nitrogen and oxygen atoms in total. The van der Waals surface area contributed by atoms with Crippen LogP contribution in [0.5, 0.6) is 0 Å². The van der Waals surface area contributed by atoms with Gasteiger partial charge in [0.1, 0.15) is 0 Å². The first-order valence-corrected chi connectivity index (χ1v) is 12.5. The van der Waals surface area contributed by atoms with Crippen LogP contribution in [0, 0.1) is 11.8 Å². The van der Waals surface area contributed by atoms with Gasteiger partial charge in [0.25, 0.3) is 0 Å². The summed E-state index contributed by atoms with van der Waals surface area (Å²) in [6.07, 6.45) is 4.65. The Morgan fingerprint density at radius 1 is 0.969 bits per heavy atom. The molecule has 2 atom stereocenters. The summed E-state index contributed by atoms with van der Waals surface area (Å²) in [6, 6.07) is 16.7. The summed E-state index contributed by atoms with van der Waals surface area (Å²) in [4.78, 5) is 17.8. The van der Waals surface area contributed by atoms with Gasteiger partial charge in [-0.3, -0.25) is 14.6 Å². The molecule has 0 aliphatic carbocycles. The topological polar surface area (TPSA) is 35.6 Å². The van der Waals surface area contributed by atoms with Crippen molar-refractivity contribution in [3.63, 3.8) is 0 Å². The molecule has 1 amide bonds. The monoisotopic (exact) mass is 453 g/mol. The molecule has 0 saturated carbocycles. The zero-order valence-corrected chi connectivity index (χ0v) is 20.0. The van der Waals surface area contributed by atoms with Crippen molar-refractivity contribution in [1.82, 2.24) is 15.1 Å². The van der Waals surface area contributed by atoms with Gasteiger partial charge >= 0.3 is 0 Å². The first-order valence-electron chi connectivity index (χ1n) is 12.1. The summed E-state index contributed by atoms with van der Waals surface area (Å²) in [5.41, 5.74) is 3.66. The van der Waals surface area contributed by atoms with Gasteiger partial charge in [0.05, 0.1) is 5.92 Å². The van der Waals surface area contributed by atoms with Crippen molar-refractivity contribution >= 4 is 17.5 Å². The number of carbonyl (C=O) groups is 1. The van der Waals surface area contributed by atoms with Gasteiger partial charge in [-0.2, -0.15) is 0 Å². The Labute approximate surface area is 197 Å². The quantitative estimate of drug-likeness (QED) is 0.633. The normalized spacial score (nSPS) is 22.6. The predicted molar refractivity (Wildman–Crippen MR) is 131 cm³/mol. The number of carbonyl (C=O) groups excluding carboxylic acids is 1. The third kappa shape index (κ3) is 6.57. The van der Waals surface area contributed by atoms with Gasteiger partial charge in [-0.25, -0.2) is 0 Å². The van der Waals surface area contributed by atoms with Crippen molar-refractivity contribution in [2.45, 2.75) is 52.2 Å². The lowest BCUT2D eigenvalue weighted by Crippen LogP contribution is -2.42. The molecular formula is C27H36ClN3O. The number of piperidine rings is 2. The summed E-state index contributed by atoms with van der Waals surface area (Å²) in [6.45, 7) is 8.96. The Bertz CT molecular complexity index is 902. The molecule has 0 aromatic heterocycles. The molecule has 1 N–H and O–H groups in total. The maximum absolute atomic E-state index is 12.9. The molecule has 5 heteroatoms. The Hall–Kier alpha value is -1.88. The molecule has 2 fully saturated rings. The van der Waals surface area contributed by atoms with E-state index in [1.54, 1.807) is 0 Å². The lowest BCUT2D eigenvalue weighted by Gasteiger charge is -2.32. The number of hydrogen-bond donors (Lipinski definition) is 1. The predicted octanol–water partition coefficient (Wildman–Crippen LogP) is 5.10. The van der Waals surface area contributed by atoms with Gasteiger partial charge < -0.3 is 5.32 Å². The largest absolute Gasteiger partial charge is 0.352 e. The summed E-state index contributed by atoms with van der Waals surface area (Å²) in [5, 5.41) is 4.00. The van der Waals surface area contributed by atoms with E-state index in [9.17, 15) is 4.79 Å². The summed E-state index contributed by atoms with van der Waals surface area (Å²) in [5.74, 6) is 1.01. The summed E-state index contributed by atoms with van der Waals surface area (Å²) >= 11 is 6.33. The van der Waals surface area contributed by atoms with E-state index in [-0.39, 0.29) is 11.8 Å². The summed E-state index contributed by atoms with van der Waals surface area (Å²) < 4.78 is 0. The van der Waals surface area contributed by atoms with Crippen LogP contribution in [0.15, 0.2) is 48.5 Å². The molecule has 2 saturated heterocycles. The van der Waals surface area contributed by atoms with Crippen molar-refractivity contribution in [2.24, 2.45) is 11.8 Å². The number of benzene rings is 2. The Morgan fingerprint density at radius 3 is 2.53 bits per heavy atom. The standard InChI is InChI=1S/C27H36ClN3O/c1-21-7-5-13-30(17-21)18-23-9-4-8-22(15-23)16-29-27(32)25-11-6-14-31(20-25)19-24-10-2-3-12-26(24)28/h2-4,8-10,12,15,21,25H,5-7,11,13-14,16-20H2,1H3,(H,29,32). The molecule has 0 radical (unpaired) electrons. The Kier molecular flexibility index (Phi) is 8.23. The average Bonchev–Trinajstić information content (AvgIpc) is 2.79. The fraction of sp³-hybridized carbons (Fsp3) is 0.519. The van der Waals surface area contributed by atoms with Crippen molar-refractivity contribution in [2.75, 3.05) is 26.2 Å². The second-order valence-electron chi connectivity index (χ2n) is 9.69. The van der Waals surface area contributed by atoms with E-state index < -0.39 is 0 Å². The third-order valence-electron chi connectivity index (χ3n) is 6.83. The SMILES string of the molecule is CC1CCCN(Cc2cccc(CNC(=O)C3CCCN(Cc4ccccc4Cl)C3)c2)C1. The highest BCUT2D eigenvalue weighted by Gasteiger charge is 2.26. The molecule has 2 aromatic rings. The van der Waals surface area contributed by atoms with E-state index in [1.165, 1.54) is 37.1 Å². The molecule has 2 aromatic carbocycles. The molecule has 4 rings (SSSR count). The van der Waals surface area contributed by atoms with E-state index >= 15 is 0 Å². The third-order valence-corrected chi connectivity index (χ3v) is 7.20. The van der Waals surface area contributed by atoms with Gasteiger partial charge in [-0.1, -0.05) is 61.0 Å². The van der Waals surface area contributed by atoms with Crippen LogP contribution in [0.1, 0.15) is 49.3 Å². The van der Waals surface area contributed by atoms with E-state index in [2.05, 4.69) is 52.4 Å². The smallest absolute Gasteiger partial charge is 0.224 e. The first kappa shape index (κ1) is 23.3. The highest BCUT2D eigenvalue weighted by Crippen LogP contribution is 2.23. The van der Waals surface area contributed by atoms with Crippen LogP contribution in [-0.2, 0) is 24.4 Å². The van der Waals surface area contributed by atoms with Crippen LogP contribution in [0.2, 0.25) is 5.02 Å². The van der Waals surface area contributed by atoms with Gasteiger partial charge in [0.2, 0.25) is 5.91 Å². The number of halogens is 1. The van der Waals surface area contributed by atoms with Crippen molar-refractivity contribution < 1.29 is 4.79 Å². The van der Waals surface area contributed by atoms with Gasteiger partial charge in [0.15, 0.2) is 0 Å². The van der Waals surface area contributed by atoms with Crippen LogP contribution in [0.4, 0.5) is 0 Å². The molecule has 2 aliphatic heterocycles. The lowest BCUT2D eigenvalue weighted by atomic mass is 9.96. The highest BCUT2D eigenvalue weighted by molar-refractivity contribution is 6.31. The van der Waals surface area contributed by atoms with Crippen LogP contribution >= 0.6 is 11.6 Å². The number of likely N-dealkylation sites (tertiary alicyclic amines) is 2. The molecule has 172 valence electrons. The molecule has 2 aliphatic rings. The summed E-state index contributed by atoms with van der Waals surface area (Å²) in [7, 11) is 0. The van der Waals surface area contributed by atoms with E-state index in [1.807, 2.05) is 18.2 Å². The minimum absolute atomic E-state index is 0.0456. The number of hydrogen-bond acceptors (Lipinski definition) is 3. The van der Waals surface area contributed by atoms with Crippen LogP contribution in [0.25, 0.3) is 0 Å². The van der Waals surface area contributed by atoms with Crippen LogP contribution in [0.3, 0.4) is 0 Å². The Morgan fingerprint density at radius 2 is 1.72 bits per heavy atom. The van der Waals surface area contributed by atoms with Crippen LogP contribution < -0.4 is 5.32 Å². The highest BCUT2D eigenvalue weighted by atomic mass is 35.5. The molecule has 2 unspecified atom stereocenters. The van der Waals surface area contributed by atoms with Gasteiger partial charge in [-0.05, 0) is 67.4 Å². The number of nitrogens with zero attached hydrogens (tertiary/aromatic N) is 2. The van der Waals surface area contributed by atoms with Crippen molar-refractivity contribution in [3.05, 3.63) is 70.2 Å². The van der Waals surface area contributed by atoms with E-state index in [0.29, 0.717) is 6.54 Å².